The molecule has 2 N–H and O–H groups in total. The number of nitrogens with one attached hydrogen (secondary N) is 1. The first-order chi connectivity index (χ1) is 16.1. The van der Waals surface area contributed by atoms with Crippen LogP contribution in [-0.4, -0.2) is 74.6 Å². The minimum absolute atomic E-state index is 0.102. The van der Waals surface area contributed by atoms with Crippen molar-refractivity contribution < 1.29 is 31.6 Å². The maximum absolute atomic E-state index is 13.3. The Morgan fingerprint density at radius 1 is 1.06 bits per heavy atom. The van der Waals surface area contributed by atoms with Crippen LogP contribution < -0.4 is 10.2 Å². The lowest BCUT2D eigenvalue weighted by molar-refractivity contribution is -0.135. The summed E-state index contributed by atoms with van der Waals surface area (Å²) in [6.45, 7) is 1.13. The fraction of sp³-hybridized carbons (Fsp3) is 0.318. The Bertz CT molecular complexity index is 1290. The number of sulfonamides is 2. The zero-order valence-corrected chi connectivity index (χ0v) is 20.2. The maximum atomic E-state index is 13.3. The fourth-order valence-electron chi connectivity index (χ4n) is 3.71. The van der Waals surface area contributed by atoms with Crippen LogP contribution in [-0.2, 0) is 24.8 Å². The highest BCUT2D eigenvalue weighted by Crippen LogP contribution is 2.27. The molecule has 182 valence electrons. The van der Waals surface area contributed by atoms with Crippen molar-refractivity contribution in [1.29, 1.82) is 0 Å². The third-order valence-electron chi connectivity index (χ3n) is 5.31. The van der Waals surface area contributed by atoms with E-state index in [4.69, 9.17) is 9.94 Å². The van der Waals surface area contributed by atoms with E-state index in [1.807, 2.05) is 30.3 Å². The Hall–Kier alpha value is -2.95. The first kappa shape index (κ1) is 25.7. The number of carbonyl (C=O) groups excluding carboxylic acids is 1. The van der Waals surface area contributed by atoms with Crippen LogP contribution >= 0.6 is 0 Å². The van der Waals surface area contributed by atoms with Crippen LogP contribution in [0.5, 0.6) is 5.75 Å². The number of hydrogen-bond donors (Lipinski definition) is 2. The second-order valence-corrected chi connectivity index (χ2v) is 11.4. The van der Waals surface area contributed by atoms with Gasteiger partial charge in [-0.1, -0.05) is 30.0 Å². The average Bonchev–Trinajstić information content (AvgIpc) is 2.81. The van der Waals surface area contributed by atoms with E-state index >= 15 is 0 Å². The Kier molecular flexibility index (Phi) is 7.96. The predicted molar refractivity (Wildman–Crippen MR) is 124 cm³/mol. The van der Waals surface area contributed by atoms with Crippen molar-refractivity contribution in [1.82, 2.24) is 14.1 Å². The molecule has 0 bridgehead atoms. The first-order valence-corrected chi connectivity index (χ1v) is 13.5. The standard InChI is InChI=1S/C22H25N3O7S2/c1-17-21(22(26)23-27)25(15-14-24(17)33(2,28)29)34(30,31)20-12-10-19(11-13-20)32-16-6-9-18-7-4-3-5-8-18/h3-5,7-8,10-13,17,21,27H,14-16H2,1-2H3,(H,23,26). The molecule has 0 aromatic heterocycles. The molecule has 1 aliphatic rings. The van der Waals surface area contributed by atoms with Crippen molar-refractivity contribution in [3.05, 3.63) is 60.2 Å². The molecule has 0 aliphatic carbocycles. The molecule has 34 heavy (non-hydrogen) atoms. The molecule has 2 aromatic rings. The highest BCUT2D eigenvalue weighted by molar-refractivity contribution is 7.89. The molecule has 12 heteroatoms. The minimum atomic E-state index is -4.19. The summed E-state index contributed by atoms with van der Waals surface area (Å²) in [5.74, 6) is 5.20. The van der Waals surface area contributed by atoms with Gasteiger partial charge in [0.1, 0.15) is 18.4 Å². The number of hydroxylamine groups is 1. The molecule has 1 heterocycles. The summed E-state index contributed by atoms with van der Waals surface area (Å²) in [6, 6.07) is 12.5. The number of rotatable bonds is 6. The molecule has 1 saturated heterocycles. The normalized spacial score (nSPS) is 19.6. The smallest absolute Gasteiger partial charge is 0.263 e. The van der Waals surface area contributed by atoms with Crippen molar-refractivity contribution in [3.8, 4) is 17.6 Å². The van der Waals surface area contributed by atoms with Gasteiger partial charge in [-0.3, -0.25) is 10.0 Å². The second kappa shape index (κ2) is 10.5. The maximum Gasteiger partial charge on any atom is 0.263 e. The second-order valence-electron chi connectivity index (χ2n) is 7.58. The number of nitrogens with zero attached hydrogens (tertiary/aromatic N) is 2. The van der Waals surface area contributed by atoms with Crippen molar-refractivity contribution in [2.75, 3.05) is 26.0 Å². The summed E-state index contributed by atoms with van der Waals surface area (Å²) >= 11 is 0. The van der Waals surface area contributed by atoms with E-state index in [0.29, 0.717) is 5.75 Å². The molecule has 2 aromatic carbocycles. The Balaban J connectivity index is 1.76. The van der Waals surface area contributed by atoms with E-state index in [-0.39, 0.29) is 24.6 Å². The van der Waals surface area contributed by atoms with Crippen LogP contribution in [0.3, 0.4) is 0 Å². The molecule has 10 nitrogen and oxygen atoms in total. The van der Waals surface area contributed by atoms with Crippen molar-refractivity contribution >= 4 is 26.0 Å². The molecule has 0 saturated carbocycles. The molecule has 1 fully saturated rings. The molecule has 1 aliphatic heterocycles. The van der Waals surface area contributed by atoms with Crippen molar-refractivity contribution in [2.45, 2.75) is 23.9 Å². The molecule has 0 radical (unpaired) electrons. The van der Waals surface area contributed by atoms with Gasteiger partial charge >= 0.3 is 0 Å². The monoisotopic (exact) mass is 507 g/mol. The van der Waals surface area contributed by atoms with Crippen LogP contribution in [0.2, 0.25) is 0 Å². The Labute approximate surface area is 199 Å². The Morgan fingerprint density at radius 3 is 2.26 bits per heavy atom. The number of ether oxygens (including phenoxy) is 1. The summed E-state index contributed by atoms with van der Waals surface area (Å²) in [4.78, 5) is 12.2. The average molecular weight is 508 g/mol. The van der Waals surface area contributed by atoms with Crippen molar-refractivity contribution in [3.63, 3.8) is 0 Å². The van der Waals surface area contributed by atoms with Gasteiger partial charge in [0, 0.05) is 24.7 Å². The summed E-state index contributed by atoms with van der Waals surface area (Å²) in [7, 11) is -7.88. The van der Waals surface area contributed by atoms with Gasteiger partial charge < -0.3 is 4.74 Å². The van der Waals surface area contributed by atoms with Gasteiger partial charge in [0.15, 0.2) is 0 Å². The van der Waals surface area contributed by atoms with Crippen LogP contribution in [0, 0.1) is 11.8 Å². The summed E-state index contributed by atoms with van der Waals surface area (Å²) in [5.41, 5.74) is 2.29. The van der Waals surface area contributed by atoms with Crippen molar-refractivity contribution in [2.24, 2.45) is 0 Å². The lowest BCUT2D eigenvalue weighted by Gasteiger charge is -2.42. The molecule has 3 rings (SSSR count). The molecular weight excluding hydrogens is 482 g/mol. The van der Waals surface area contributed by atoms with Gasteiger partial charge in [0.25, 0.3) is 5.91 Å². The lowest BCUT2D eigenvalue weighted by Crippen LogP contribution is -2.65. The summed E-state index contributed by atoms with van der Waals surface area (Å²) in [5, 5.41) is 9.14. The van der Waals surface area contributed by atoms with Crippen LogP contribution in [0.4, 0.5) is 0 Å². The highest BCUT2D eigenvalue weighted by atomic mass is 32.2. The molecule has 0 spiro atoms. The topological polar surface area (TPSA) is 133 Å². The number of piperazine rings is 1. The number of hydrogen-bond acceptors (Lipinski definition) is 7. The fourth-order valence-corrected chi connectivity index (χ4v) is 6.49. The third kappa shape index (κ3) is 5.75. The summed E-state index contributed by atoms with van der Waals surface area (Å²) in [6.07, 6.45) is 0.977. The number of amides is 1. The Morgan fingerprint density at radius 2 is 1.68 bits per heavy atom. The zero-order chi connectivity index (χ0) is 24.9. The third-order valence-corrected chi connectivity index (χ3v) is 8.58. The first-order valence-electron chi connectivity index (χ1n) is 10.2. The van der Waals surface area contributed by atoms with Gasteiger partial charge in [-0.2, -0.15) is 8.61 Å². The molecule has 2 unspecified atom stereocenters. The largest absolute Gasteiger partial charge is 0.481 e. The van der Waals surface area contributed by atoms with Crippen LogP contribution in [0.15, 0.2) is 59.5 Å². The van der Waals surface area contributed by atoms with E-state index in [2.05, 4.69) is 11.8 Å². The van der Waals surface area contributed by atoms with Gasteiger partial charge in [0.2, 0.25) is 20.0 Å². The van der Waals surface area contributed by atoms with Gasteiger partial charge in [0.05, 0.1) is 11.2 Å². The molecular formula is C22H25N3O7S2. The quantitative estimate of drug-likeness (QED) is 0.333. The van der Waals surface area contributed by atoms with Gasteiger partial charge in [-0.25, -0.2) is 22.3 Å². The van der Waals surface area contributed by atoms with E-state index in [1.165, 1.54) is 36.7 Å². The predicted octanol–water partition coefficient (Wildman–Crippen LogP) is 0.646. The molecule has 1 amide bonds. The van der Waals surface area contributed by atoms with E-state index < -0.39 is 38.0 Å². The van der Waals surface area contributed by atoms with Crippen LogP contribution in [0.1, 0.15) is 12.5 Å². The van der Waals surface area contributed by atoms with E-state index in [0.717, 1.165) is 20.4 Å². The summed E-state index contributed by atoms with van der Waals surface area (Å²) < 4.78 is 58.1. The number of carbonyl (C=O) groups is 1. The van der Waals surface area contributed by atoms with E-state index in [9.17, 15) is 21.6 Å². The SMILES string of the molecule is CC1C(C(=O)NO)N(S(=O)(=O)c2ccc(OCC#Cc3ccccc3)cc2)CCN1S(C)(=O)=O. The van der Waals surface area contributed by atoms with E-state index in [1.54, 1.807) is 0 Å². The highest BCUT2D eigenvalue weighted by Gasteiger charge is 2.47. The minimum Gasteiger partial charge on any atom is -0.481 e. The number of benzene rings is 2. The lowest BCUT2D eigenvalue weighted by atomic mass is 10.1. The van der Waals surface area contributed by atoms with Crippen LogP contribution in [0.25, 0.3) is 0 Å². The van der Waals surface area contributed by atoms with Gasteiger partial charge in [-0.15, -0.1) is 0 Å². The zero-order valence-electron chi connectivity index (χ0n) is 18.6. The molecule has 2 atom stereocenters. The van der Waals surface area contributed by atoms with Gasteiger partial charge in [-0.05, 0) is 43.3 Å².